The molecule has 0 aliphatic heterocycles. The van der Waals surface area contributed by atoms with Crippen LogP contribution >= 0.6 is 0 Å². The number of rotatable bonds is 7. The summed E-state index contributed by atoms with van der Waals surface area (Å²) in [6.07, 6.45) is 1.07. The monoisotopic (exact) mass is 420 g/mol. The van der Waals surface area contributed by atoms with Gasteiger partial charge in [0.2, 0.25) is 15.9 Å². The molecule has 0 saturated carbocycles. The maximum Gasteiger partial charge on any atom is 0.248 e. The molecule has 2 rings (SSSR count). The fourth-order valence-electron chi connectivity index (χ4n) is 3.38. The summed E-state index contributed by atoms with van der Waals surface area (Å²) in [4.78, 5) is 13.0. The first-order valence-corrected chi connectivity index (χ1v) is 10.9. The van der Waals surface area contributed by atoms with Gasteiger partial charge in [-0.1, -0.05) is 17.7 Å². The van der Waals surface area contributed by atoms with Crippen LogP contribution in [-0.4, -0.2) is 40.8 Å². The number of aryl methyl sites for hydroxylation is 3. The van der Waals surface area contributed by atoms with Crippen LogP contribution in [0.3, 0.4) is 0 Å². The van der Waals surface area contributed by atoms with Gasteiger partial charge in [-0.2, -0.15) is 0 Å². The van der Waals surface area contributed by atoms with Crippen molar-refractivity contribution in [1.82, 2.24) is 0 Å². The lowest BCUT2D eigenvalue weighted by Crippen LogP contribution is -2.45. The Hall–Kier alpha value is -2.74. The van der Waals surface area contributed by atoms with E-state index in [4.69, 9.17) is 9.47 Å². The molecule has 1 N–H and O–H groups in total. The van der Waals surface area contributed by atoms with E-state index >= 15 is 0 Å². The van der Waals surface area contributed by atoms with Gasteiger partial charge in [-0.05, 0) is 51.0 Å². The molecule has 0 radical (unpaired) electrons. The number of sulfonamides is 1. The van der Waals surface area contributed by atoms with Crippen LogP contribution < -0.4 is 19.1 Å². The third kappa shape index (κ3) is 5.00. The van der Waals surface area contributed by atoms with E-state index < -0.39 is 22.0 Å². The highest BCUT2D eigenvalue weighted by atomic mass is 32.2. The molecule has 2 aromatic carbocycles. The fourth-order valence-corrected chi connectivity index (χ4v) is 4.54. The van der Waals surface area contributed by atoms with Crippen LogP contribution in [-0.2, 0) is 14.8 Å². The number of anilines is 2. The minimum absolute atomic E-state index is 0.310. The van der Waals surface area contributed by atoms with E-state index in [0.717, 1.165) is 27.3 Å². The highest BCUT2D eigenvalue weighted by Gasteiger charge is 2.30. The molecule has 0 spiro atoms. The lowest BCUT2D eigenvalue weighted by atomic mass is 10.0. The number of methoxy groups -OCH3 is 2. The van der Waals surface area contributed by atoms with Crippen molar-refractivity contribution >= 4 is 27.3 Å². The molecule has 0 bridgehead atoms. The highest BCUT2D eigenvalue weighted by molar-refractivity contribution is 7.92. The van der Waals surface area contributed by atoms with Crippen LogP contribution in [0, 0.1) is 20.8 Å². The topological polar surface area (TPSA) is 84.9 Å². The second-order valence-corrected chi connectivity index (χ2v) is 8.90. The number of nitrogens with zero attached hydrogens (tertiary/aromatic N) is 1. The third-order valence-corrected chi connectivity index (χ3v) is 5.88. The Bertz CT molecular complexity index is 995. The Morgan fingerprint density at radius 2 is 1.55 bits per heavy atom. The van der Waals surface area contributed by atoms with Crippen molar-refractivity contribution in [3.63, 3.8) is 0 Å². The number of ether oxygens (including phenoxy) is 2. The maximum absolute atomic E-state index is 13.0. The molecule has 158 valence electrons. The van der Waals surface area contributed by atoms with Crippen molar-refractivity contribution in [2.45, 2.75) is 33.7 Å². The predicted molar refractivity (Wildman–Crippen MR) is 116 cm³/mol. The summed E-state index contributed by atoms with van der Waals surface area (Å²) in [5, 5.41) is 2.88. The Morgan fingerprint density at radius 3 is 2.03 bits per heavy atom. The Morgan fingerprint density at radius 1 is 1.00 bits per heavy atom. The standard InChI is InChI=1S/C21H28N2O5S/c1-13-10-14(2)20(15(3)11-13)22-21(24)16(4)23(29(7,25)26)17-8-9-18(27-5)19(12-17)28-6/h8-12,16H,1-7H3,(H,22,24)/t16-/m1/s1. The van der Waals surface area contributed by atoms with Crippen molar-refractivity contribution in [3.8, 4) is 11.5 Å². The van der Waals surface area contributed by atoms with Gasteiger partial charge in [-0.3, -0.25) is 9.10 Å². The summed E-state index contributed by atoms with van der Waals surface area (Å²) in [7, 11) is -0.792. The molecule has 2 aromatic rings. The number of hydrogen-bond donors (Lipinski definition) is 1. The molecule has 8 heteroatoms. The number of carbonyl (C=O) groups excluding carboxylic acids is 1. The van der Waals surface area contributed by atoms with Crippen molar-refractivity contribution < 1.29 is 22.7 Å². The van der Waals surface area contributed by atoms with Crippen molar-refractivity contribution in [2.75, 3.05) is 30.1 Å². The molecule has 0 saturated heterocycles. The van der Waals surface area contributed by atoms with E-state index in [1.54, 1.807) is 19.1 Å². The molecular weight excluding hydrogens is 392 g/mol. The number of benzene rings is 2. The summed E-state index contributed by atoms with van der Waals surface area (Å²) < 4.78 is 36.6. The van der Waals surface area contributed by atoms with Gasteiger partial charge in [-0.25, -0.2) is 8.42 Å². The third-order valence-electron chi connectivity index (χ3n) is 4.64. The number of hydrogen-bond acceptors (Lipinski definition) is 5. The van der Waals surface area contributed by atoms with Gasteiger partial charge in [-0.15, -0.1) is 0 Å². The Kier molecular flexibility index (Phi) is 6.79. The minimum atomic E-state index is -3.75. The largest absolute Gasteiger partial charge is 0.493 e. The van der Waals surface area contributed by atoms with Gasteiger partial charge in [0.1, 0.15) is 6.04 Å². The first-order chi connectivity index (χ1) is 13.5. The van der Waals surface area contributed by atoms with Gasteiger partial charge in [0, 0.05) is 11.8 Å². The molecule has 1 atom stereocenters. The first-order valence-electron chi connectivity index (χ1n) is 9.09. The zero-order chi connectivity index (χ0) is 21.9. The first kappa shape index (κ1) is 22.5. The predicted octanol–water partition coefficient (Wildman–Crippen LogP) is 3.42. The highest BCUT2D eigenvalue weighted by Crippen LogP contribution is 2.33. The van der Waals surface area contributed by atoms with Gasteiger partial charge in [0.05, 0.1) is 26.2 Å². The lowest BCUT2D eigenvalue weighted by Gasteiger charge is -2.29. The van der Waals surface area contributed by atoms with Gasteiger partial charge < -0.3 is 14.8 Å². The quantitative estimate of drug-likeness (QED) is 0.742. The van der Waals surface area contributed by atoms with Crippen LogP contribution in [0.15, 0.2) is 30.3 Å². The SMILES string of the molecule is COc1ccc(N([C@H](C)C(=O)Nc2c(C)cc(C)cc2C)S(C)(=O)=O)cc1OC. The van der Waals surface area contributed by atoms with E-state index in [2.05, 4.69) is 5.32 Å². The summed E-state index contributed by atoms with van der Waals surface area (Å²) in [5.74, 6) is 0.407. The normalized spacial score (nSPS) is 12.2. The van der Waals surface area contributed by atoms with Crippen molar-refractivity contribution in [1.29, 1.82) is 0 Å². The number of amides is 1. The average Bonchev–Trinajstić information content (AvgIpc) is 2.63. The molecular formula is C21H28N2O5S. The Balaban J connectivity index is 2.42. The van der Waals surface area contributed by atoms with Crippen LogP contribution in [0.25, 0.3) is 0 Å². The molecule has 1 amide bonds. The van der Waals surface area contributed by atoms with Crippen LogP contribution in [0.4, 0.5) is 11.4 Å². The van der Waals surface area contributed by atoms with E-state index in [1.165, 1.54) is 20.3 Å². The van der Waals surface area contributed by atoms with Crippen molar-refractivity contribution in [2.24, 2.45) is 0 Å². The second-order valence-electron chi connectivity index (χ2n) is 7.04. The van der Waals surface area contributed by atoms with E-state index in [1.807, 2.05) is 32.9 Å². The van der Waals surface area contributed by atoms with E-state index in [9.17, 15) is 13.2 Å². The summed E-state index contributed by atoms with van der Waals surface area (Å²) >= 11 is 0. The maximum atomic E-state index is 13.0. The van der Waals surface area contributed by atoms with Crippen LogP contribution in [0.5, 0.6) is 11.5 Å². The summed E-state index contributed by atoms with van der Waals surface area (Å²) in [5.41, 5.74) is 3.92. The molecule has 29 heavy (non-hydrogen) atoms. The van der Waals surface area contributed by atoms with Gasteiger partial charge >= 0.3 is 0 Å². The van der Waals surface area contributed by atoms with Gasteiger partial charge in [0.15, 0.2) is 11.5 Å². The average molecular weight is 421 g/mol. The summed E-state index contributed by atoms with van der Waals surface area (Å²) in [6, 6.07) is 7.67. The smallest absolute Gasteiger partial charge is 0.248 e. The summed E-state index contributed by atoms with van der Waals surface area (Å²) in [6.45, 7) is 7.34. The second kappa shape index (κ2) is 8.73. The van der Waals surface area contributed by atoms with Gasteiger partial charge in [0.25, 0.3) is 0 Å². The molecule has 0 aliphatic rings. The molecule has 0 unspecified atom stereocenters. The van der Waals surface area contributed by atoms with Crippen LogP contribution in [0.1, 0.15) is 23.6 Å². The molecule has 0 aromatic heterocycles. The molecule has 7 nitrogen and oxygen atoms in total. The fraction of sp³-hybridized carbons (Fsp3) is 0.381. The molecule has 0 aliphatic carbocycles. The number of nitrogens with one attached hydrogen (secondary N) is 1. The number of carbonyl (C=O) groups is 1. The minimum Gasteiger partial charge on any atom is -0.493 e. The van der Waals surface area contributed by atoms with Crippen LogP contribution in [0.2, 0.25) is 0 Å². The molecule has 0 fully saturated rings. The Labute approximate surface area is 172 Å². The molecule has 0 heterocycles. The van der Waals surface area contributed by atoms with E-state index in [0.29, 0.717) is 22.9 Å². The zero-order valence-electron chi connectivity index (χ0n) is 17.9. The zero-order valence-corrected chi connectivity index (χ0v) is 18.7. The lowest BCUT2D eigenvalue weighted by molar-refractivity contribution is -0.116. The van der Waals surface area contributed by atoms with E-state index in [-0.39, 0.29) is 0 Å². The van der Waals surface area contributed by atoms with Crippen molar-refractivity contribution in [3.05, 3.63) is 47.0 Å².